The van der Waals surface area contributed by atoms with Crippen molar-refractivity contribution < 1.29 is 5.11 Å². The number of aromatic nitrogens is 3. The van der Waals surface area contributed by atoms with E-state index in [-0.39, 0.29) is 12.6 Å². The molecule has 1 aliphatic rings. The third-order valence-electron chi connectivity index (χ3n) is 4.28. The molecule has 1 atom stereocenters. The van der Waals surface area contributed by atoms with Crippen LogP contribution in [0.2, 0.25) is 0 Å². The molecule has 7 heteroatoms. The third kappa shape index (κ3) is 3.73. The predicted molar refractivity (Wildman–Crippen MR) is 95.4 cm³/mol. The molecule has 1 saturated heterocycles. The lowest BCUT2D eigenvalue weighted by atomic mass is 10.2. The number of hydrogen-bond donors (Lipinski definition) is 2. The van der Waals surface area contributed by atoms with Gasteiger partial charge in [0.1, 0.15) is 23.8 Å². The molecule has 0 spiro atoms. The van der Waals surface area contributed by atoms with Crippen molar-refractivity contribution in [3.05, 3.63) is 36.3 Å². The summed E-state index contributed by atoms with van der Waals surface area (Å²) < 4.78 is 0. The predicted octanol–water partition coefficient (Wildman–Crippen LogP) is 1.51. The molecule has 1 unspecified atom stereocenters. The zero-order valence-corrected chi connectivity index (χ0v) is 14.2. The number of rotatable bonds is 6. The van der Waals surface area contributed by atoms with Gasteiger partial charge in [-0.05, 0) is 24.5 Å². The molecular formula is C17H24N6O. The van der Waals surface area contributed by atoms with Crippen LogP contribution in [0, 0.1) is 0 Å². The third-order valence-corrected chi connectivity index (χ3v) is 4.28. The Morgan fingerprint density at radius 3 is 2.88 bits per heavy atom. The van der Waals surface area contributed by atoms with Gasteiger partial charge in [0.15, 0.2) is 0 Å². The van der Waals surface area contributed by atoms with Crippen LogP contribution in [-0.4, -0.2) is 53.3 Å². The van der Waals surface area contributed by atoms with Gasteiger partial charge in [0.05, 0.1) is 12.6 Å². The molecular weight excluding hydrogens is 304 g/mol. The molecule has 0 saturated carbocycles. The van der Waals surface area contributed by atoms with Gasteiger partial charge in [0.25, 0.3) is 0 Å². The lowest BCUT2D eigenvalue weighted by Crippen LogP contribution is -2.32. The van der Waals surface area contributed by atoms with Crippen molar-refractivity contribution in [2.45, 2.75) is 25.4 Å². The maximum absolute atomic E-state index is 9.47. The molecule has 1 aliphatic heterocycles. The van der Waals surface area contributed by atoms with Crippen LogP contribution in [0.15, 0.2) is 30.7 Å². The first-order chi connectivity index (χ1) is 11.7. The van der Waals surface area contributed by atoms with E-state index in [1.54, 1.807) is 6.33 Å². The van der Waals surface area contributed by atoms with Gasteiger partial charge < -0.3 is 20.2 Å². The van der Waals surface area contributed by atoms with Crippen LogP contribution < -0.4 is 15.1 Å². The molecule has 7 nitrogen and oxygen atoms in total. The normalized spacial score (nSPS) is 17.1. The number of anilines is 3. The van der Waals surface area contributed by atoms with Crippen LogP contribution in [0.4, 0.5) is 17.5 Å². The van der Waals surface area contributed by atoms with E-state index in [0.717, 1.165) is 42.4 Å². The molecule has 24 heavy (non-hydrogen) atoms. The van der Waals surface area contributed by atoms with E-state index in [4.69, 9.17) is 0 Å². The van der Waals surface area contributed by atoms with E-state index in [9.17, 15) is 5.11 Å². The fourth-order valence-electron chi connectivity index (χ4n) is 2.91. The standard InChI is InChI=1S/C17H24N6O/c1-22(2)16-6-5-13(10-19-16)9-18-15-8-17(21-12-20-15)23-7-3-4-14(23)11-24/h5-6,8,10,12,14,24H,3-4,7,9,11H2,1-2H3,(H,18,20,21). The van der Waals surface area contributed by atoms with Crippen molar-refractivity contribution >= 4 is 17.5 Å². The molecule has 3 rings (SSSR count). The van der Waals surface area contributed by atoms with Gasteiger partial charge in [0.2, 0.25) is 0 Å². The lowest BCUT2D eigenvalue weighted by molar-refractivity contribution is 0.266. The average molecular weight is 328 g/mol. The number of hydrogen-bond acceptors (Lipinski definition) is 7. The van der Waals surface area contributed by atoms with Crippen molar-refractivity contribution in [2.75, 3.05) is 42.4 Å². The first-order valence-corrected chi connectivity index (χ1v) is 8.23. The van der Waals surface area contributed by atoms with E-state index in [1.165, 1.54) is 0 Å². The highest BCUT2D eigenvalue weighted by atomic mass is 16.3. The molecule has 0 aromatic carbocycles. The van der Waals surface area contributed by atoms with Gasteiger partial charge in [-0.2, -0.15) is 0 Å². The molecule has 1 fully saturated rings. The molecule has 128 valence electrons. The maximum Gasteiger partial charge on any atom is 0.134 e. The zero-order chi connectivity index (χ0) is 16.9. The zero-order valence-electron chi connectivity index (χ0n) is 14.2. The topological polar surface area (TPSA) is 77.4 Å². The fraction of sp³-hybridized carbons (Fsp3) is 0.471. The van der Waals surface area contributed by atoms with E-state index >= 15 is 0 Å². The Morgan fingerprint density at radius 1 is 1.29 bits per heavy atom. The smallest absolute Gasteiger partial charge is 0.134 e. The van der Waals surface area contributed by atoms with Crippen molar-refractivity contribution in [3.63, 3.8) is 0 Å². The van der Waals surface area contributed by atoms with Crippen molar-refractivity contribution in [1.82, 2.24) is 15.0 Å². The quantitative estimate of drug-likeness (QED) is 0.832. The van der Waals surface area contributed by atoms with E-state index in [2.05, 4.69) is 31.2 Å². The largest absolute Gasteiger partial charge is 0.394 e. The van der Waals surface area contributed by atoms with Gasteiger partial charge in [-0.3, -0.25) is 0 Å². The fourth-order valence-corrected chi connectivity index (χ4v) is 2.91. The van der Waals surface area contributed by atoms with Crippen LogP contribution in [0.3, 0.4) is 0 Å². The first kappa shape index (κ1) is 16.4. The summed E-state index contributed by atoms with van der Waals surface area (Å²) in [5, 5.41) is 12.8. The minimum absolute atomic E-state index is 0.163. The van der Waals surface area contributed by atoms with Crippen molar-refractivity contribution in [3.8, 4) is 0 Å². The highest BCUT2D eigenvalue weighted by Crippen LogP contribution is 2.24. The Bertz CT molecular complexity index is 660. The number of nitrogens with zero attached hydrogens (tertiary/aromatic N) is 5. The highest BCUT2D eigenvalue weighted by Gasteiger charge is 2.25. The Balaban J connectivity index is 1.64. The maximum atomic E-state index is 9.47. The summed E-state index contributed by atoms with van der Waals surface area (Å²) >= 11 is 0. The molecule has 0 aliphatic carbocycles. The minimum Gasteiger partial charge on any atom is -0.394 e. The Labute approximate surface area is 142 Å². The van der Waals surface area contributed by atoms with Gasteiger partial charge in [-0.25, -0.2) is 15.0 Å². The molecule has 2 N–H and O–H groups in total. The first-order valence-electron chi connectivity index (χ1n) is 8.23. The van der Waals surface area contributed by atoms with Crippen LogP contribution in [0.5, 0.6) is 0 Å². The Morgan fingerprint density at radius 2 is 2.17 bits per heavy atom. The number of pyridine rings is 1. The van der Waals surface area contributed by atoms with E-state index < -0.39 is 0 Å². The summed E-state index contributed by atoms with van der Waals surface area (Å²) in [6.07, 6.45) is 5.53. The Hall–Kier alpha value is -2.41. The van der Waals surface area contributed by atoms with E-state index in [0.29, 0.717) is 6.54 Å². The molecule has 2 aromatic heterocycles. The molecule has 0 radical (unpaired) electrons. The second kappa shape index (κ2) is 7.44. The van der Waals surface area contributed by atoms with Crippen LogP contribution in [-0.2, 0) is 6.54 Å². The van der Waals surface area contributed by atoms with Gasteiger partial charge in [-0.15, -0.1) is 0 Å². The SMILES string of the molecule is CN(C)c1ccc(CNc2cc(N3CCCC3CO)ncn2)cn1. The molecule has 3 heterocycles. The number of aliphatic hydroxyl groups is 1. The summed E-state index contributed by atoms with van der Waals surface area (Å²) in [4.78, 5) is 17.2. The summed E-state index contributed by atoms with van der Waals surface area (Å²) in [5.41, 5.74) is 1.09. The van der Waals surface area contributed by atoms with Crippen LogP contribution in [0.25, 0.3) is 0 Å². The Kier molecular flexibility index (Phi) is 5.10. The average Bonchev–Trinajstić information content (AvgIpc) is 3.09. The monoisotopic (exact) mass is 328 g/mol. The van der Waals surface area contributed by atoms with Crippen LogP contribution >= 0.6 is 0 Å². The van der Waals surface area contributed by atoms with Crippen molar-refractivity contribution in [1.29, 1.82) is 0 Å². The summed E-state index contributed by atoms with van der Waals surface area (Å²) in [6.45, 7) is 1.74. The number of aliphatic hydroxyl groups excluding tert-OH is 1. The minimum atomic E-state index is 0.163. The van der Waals surface area contributed by atoms with E-state index in [1.807, 2.05) is 37.3 Å². The van der Waals surface area contributed by atoms with Gasteiger partial charge in [0, 0.05) is 39.4 Å². The van der Waals surface area contributed by atoms with Crippen LogP contribution in [0.1, 0.15) is 18.4 Å². The highest BCUT2D eigenvalue weighted by molar-refractivity contribution is 5.50. The summed E-state index contributed by atoms with van der Waals surface area (Å²) in [6, 6.07) is 6.16. The molecule has 0 amide bonds. The second-order valence-corrected chi connectivity index (χ2v) is 6.21. The number of nitrogens with one attached hydrogen (secondary N) is 1. The molecule has 2 aromatic rings. The summed E-state index contributed by atoms with van der Waals surface area (Å²) in [7, 11) is 3.95. The second-order valence-electron chi connectivity index (χ2n) is 6.21. The molecule has 0 bridgehead atoms. The van der Waals surface area contributed by atoms with Crippen molar-refractivity contribution in [2.24, 2.45) is 0 Å². The summed E-state index contributed by atoms with van der Waals surface area (Å²) in [5.74, 6) is 2.58. The van der Waals surface area contributed by atoms with Gasteiger partial charge in [-0.1, -0.05) is 6.07 Å². The van der Waals surface area contributed by atoms with Gasteiger partial charge >= 0.3 is 0 Å². The lowest BCUT2D eigenvalue weighted by Gasteiger charge is -2.24.